The van der Waals surface area contributed by atoms with Crippen molar-refractivity contribution in [2.24, 2.45) is 0 Å². The van der Waals surface area contributed by atoms with Crippen LogP contribution in [0.4, 0.5) is 0 Å². The van der Waals surface area contributed by atoms with E-state index in [1.807, 2.05) is 14.1 Å². The SMILES string of the molecule is CN(C)CCCNC1(C(=O)O)CCOCC1. The Bertz CT molecular complexity index is 225. The van der Waals surface area contributed by atoms with Gasteiger partial charge in [0.25, 0.3) is 0 Å². The minimum Gasteiger partial charge on any atom is -0.480 e. The van der Waals surface area contributed by atoms with Gasteiger partial charge in [0.2, 0.25) is 0 Å². The lowest BCUT2D eigenvalue weighted by Gasteiger charge is -2.34. The van der Waals surface area contributed by atoms with Crippen molar-refractivity contribution in [2.75, 3.05) is 40.4 Å². The van der Waals surface area contributed by atoms with E-state index in [4.69, 9.17) is 4.74 Å². The zero-order valence-corrected chi connectivity index (χ0v) is 10.2. The third-order valence-electron chi connectivity index (χ3n) is 3.00. The van der Waals surface area contributed by atoms with Crippen LogP contribution in [0.1, 0.15) is 19.3 Å². The molecule has 0 bridgehead atoms. The van der Waals surface area contributed by atoms with Gasteiger partial charge in [-0.05, 0) is 46.4 Å². The molecule has 1 saturated heterocycles. The van der Waals surface area contributed by atoms with Crippen LogP contribution < -0.4 is 5.32 Å². The monoisotopic (exact) mass is 230 g/mol. The maximum absolute atomic E-state index is 11.3. The summed E-state index contributed by atoms with van der Waals surface area (Å²) in [5.74, 6) is -0.749. The first kappa shape index (κ1) is 13.4. The van der Waals surface area contributed by atoms with Crippen LogP contribution in [-0.4, -0.2) is 61.9 Å². The maximum atomic E-state index is 11.3. The minimum atomic E-state index is -0.759. The molecule has 0 aromatic carbocycles. The highest BCUT2D eigenvalue weighted by Crippen LogP contribution is 2.20. The quantitative estimate of drug-likeness (QED) is 0.637. The largest absolute Gasteiger partial charge is 0.480 e. The molecule has 1 rings (SSSR count). The average Bonchev–Trinajstić information content (AvgIpc) is 2.25. The molecular weight excluding hydrogens is 208 g/mol. The molecule has 5 heteroatoms. The topological polar surface area (TPSA) is 61.8 Å². The number of nitrogens with one attached hydrogen (secondary N) is 1. The molecule has 16 heavy (non-hydrogen) atoms. The van der Waals surface area contributed by atoms with Gasteiger partial charge in [-0.2, -0.15) is 0 Å². The Morgan fingerprint density at radius 1 is 1.44 bits per heavy atom. The van der Waals surface area contributed by atoms with Crippen LogP contribution in [0.2, 0.25) is 0 Å². The van der Waals surface area contributed by atoms with E-state index in [9.17, 15) is 9.90 Å². The van der Waals surface area contributed by atoms with E-state index in [-0.39, 0.29) is 0 Å². The first-order valence-corrected chi connectivity index (χ1v) is 5.78. The second-order valence-corrected chi connectivity index (χ2v) is 4.58. The fourth-order valence-corrected chi connectivity index (χ4v) is 1.91. The van der Waals surface area contributed by atoms with Crippen LogP contribution in [0.3, 0.4) is 0 Å². The molecule has 94 valence electrons. The smallest absolute Gasteiger partial charge is 0.324 e. The Labute approximate surface area is 96.8 Å². The Hall–Kier alpha value is -0.650. The Morgan fingerprint density at radius 2 is 2.06 bits per heavy atom. The van der Waals surface area contributed by atoms with Crippen LogP contribution in [0.5, 0.6) is 0 Å². The lowest BCUT2D eigenvalue weighted by atomic mass is 9.90. The molecule has 0 aromatic heterocycles. The molecule has 1 fully saturated rings. The van der Waals surface area contributed by atoms with Crippen molar-refractivity contribution >= 4 is 5.97 Å². The fraction of sp³-hybridized carbons (Fsp3) is 0.909. The van der Waals surface area contributed by atoms with Gasteiger partial charge in [0.05, 0.1) is 0 Å². The summed E-state index contributed by atoms with van der Waals surface area (Å²) in [7, 11) is 4.03. The number of nitrogens with zero attached hydrogens (tertiary/aromatic N) is 1. The van der Waals surface area contributed by atoms with Crippen LogP contribution in [0.25, 0.3) is 0 Å². The Balaban J connectivity index is 2.36. The van der Waals surface area contributed by atoms with Gasteiger partial charge < -0.3 is 20.1 Å². The molecule has 0 radical (unpaired) electrons. The number of carboxylic acids is 1. The van der Waals surface area contributed by atoms with Crippen molar-refractivity contribution < 1.29 is 14.6 Å². The van der Waals surface area contributed by atoms with Crippen LogP contribution in [-0.2, 0) is 9.53 Å². The van der Waals surface area contributed by atoms with Crippen LogP contribution >= 0.6 is 0 Å². The predicted octanol–water partition coefficient (Wildman–Crippen LogP) is 0.162. The standard InChI is InChI=1S/C11H22N2O3/c1-13(2)7-3-6-12-11(10(14)15)4-8-16-9-5-11/h12H,3-9H2,1-2H3,(H,14,15). The molecule has 0 aliphatic carbocycles. The van der Waals surface area contributed by atoms with Crippen molar-refractivity contribution in [1.82, 2.24) is 10.2 Å². The summed E-state index contributed by atoms with van der Waals surface area (Å²) < 4.78 is 5.21. The van der Waals surface area contributed by atoms with E-state index in [0.717, 1.165) is 19.5 Å². The summed E-state index contributed by atoms with van der Waals surface area (Å²) in [6.45, 7) is 2.78. The number of rotatable bonds is 6. The highest BCUT2D eigenvalue weighted by Gasteiger charge is 2.39. The van der Waals surface area contributed by atoms with Gasteiger partial charge in [-0.3, -0.25) is 4.79 Å². The van der Waals surface area contributed by atoms with Gasteiger partial charge in [-0.25, -0.2) is 0 Å². The lowest BCUT2D eigenvalue weighted by molar-refractivity contribution is -0.149. The maximum Gasteiger partial charge on any atom is 0.324 e. The van der Waals surface area contributed by atoms with Gasteiger partial charge in [0.15, 0.2) is 0 Å². The number of hydrogen-bond acceptors (Lipinski definition) is 4. The van der Waals surface area contributed by atoms with Gasteiger partial charge in [0.1, 0.15) is 5.54 Å². The minimum absolute atomic E-state index is 0.535. The summed E-state index contributed by atoms with van der Waals surface area (Å²) in [5.41, 5.74) is -0.759. The summed E-state index contributed by atoms with van der Waals surface area (Å²) in [4.78, 5) is 13.4. The predicted molar refractivity (Wildman–Crippen MR) is 61.6 cm³/mol. The highest BCUT2D eigenvalue weighted by molar-refractivity contribution is 5.78. The first-order valence-electron chi connectivity index (χ1n) is 5.78. The van der Waals surface area contributed by atoms with Crippen LogP contribution in [0.15, 0.2) is 0 Å². The normalized spacial score (nSPS) is 19.9. The van der Waals surface area contributed by atoms with Crippen molar-refractivity contribution in [2.45, 2.75) is 24.8 Å². The van der Waals surface area contributed by atoms with Crippen molar-refractivity contribution in [3.63, 3.8) is 0 Å². The van der Waals surface area contributed by atoms with E-state index in [2.05, 4.69) is 10.2 Å². The average molecular weight is 230 g/mol. The third kappa shape index (κ3) is 3.73. The summed E-state index contributed by atoms with van der Waals surface area (Å²) >= 11 is 0. The van der Waals surface area contributed by atoms with E-state index in [1.165, 1.54) is 0 Å². The van der Waals surface area contributed by atoms with E-state index >= 15 is 0 Å². The molecule has 0 aromatic rings. The number of hydrogen-bond donors (Lipinski definition) is 2. The Morgan fingerprint density at radius 3 is 2.56 bits per heavy atom. The number of carbonyl (C=O) groups is 1. The second-order valence-electron chi connectivity index (χ2n) is 4.58. The molecule has 0 unspecified atom stereocenters. The molecule has 0 atom stereocenters. The summed E-state index contributed by atoms with van der Waals surface area (Å²) in [5, 5.41) is 12.5. The molecule has 1 aliphatic heterocycles. The van der Waals surface area contributed by atoms with Gasteiger partial charge in [-0.15, -0.1) is 0 Å². The van der Waals surface area contributed by atoms with Crippen molar-refractivity contribution in [3.8, 4) is 0 Å². The number of ether oxygens (including phenoxy) is 1. The molecule has 2 N–H and O–H groups in total. The molecule has 0 saturated carbocycles. The molecule has 1 heterocycles. The number of carboxylic acid groups (broad SMARTS) is 1. The van der Waals surface area contributed by atoms with E-state index in [0.29, 0.717) is 26.1 Å². The summed E-state index contributed by atoms with van der Waals surface area (Å²) in [6.07, 6.45) is 2.08. The van der Waals surface area contributed by atoms with Gasteiger partial charge >= 0.3 is 5.97 Å². The second kappa shape index (κ2) is 6.18. The third-order valence-corrected chi connectivity index (χ3v) is 3.00. The summed E-state index contributed by atoms with van der Waals surface area (Å²) in [6, 6.07) is 0. The zero-order chi connectivity index (χ0) is 12.0. The highest BCUT2D eigenvalue weighted by atomic mass is 16.5. The zero-order valence-electron chi connectivity index (χ0n) is 10.2. The van der Waals surface area contributed by atoms with E-state index in [1.54, 1.807) is 0 Å². The lowest BCUT2D eigenvalue weighted by Crippen LogP contribution is -2.55. The molecule has 0 amide bonds. The molecule has 0 spiro atoms. The Kier molecular flexibility index (Phi) is 5.18. The van der Waals surface area contributed by atoms with Crippen molar-refractivity contribution in [3.05, 3.63) is 0 Å². The molecule has 1 aliphatic rings. The molecular formula is C11H22N2O3. The van der Waals surface area contributed by atoms with Gasteiger partial charge in [-0.1, -0.05) is 0 Å². The first-order chi connectivity index (χ1) is 7.57. The van der Waals surface area contributed by atoms with Crippen molar-refractivity contribution in [1.29, 1.82) is 0 Å². The van der Waals surface area contributed by atoms with Crippen LogP contribution in [0, 0.1) is 0 Å². The molecule has 5 nitrogen and oxygen atoms in total. The number of aliphatic carboxylic acids is 1. The fourth-order valence-electron chi connectivity index (χ4n) is 1.91. The van der Waals surface area contributed by atoms with Gasteiger partial charge in [0, 0.05) is 13.2 Å². The van der Waals surface area contributed by atoms with E-state index < -0.39 is 11.5 Å².